The van der Waals surface area contributed by atoms with Gasteiger partial charge in [0.05, 0.1) is 5.92 Å². The second kappa shape index (κ2) is 7.51. The molecule has 25 heavy (non-hydrogen) atoms. The predicted octanol–water partition coefficient (Wildman–Crippen LogP) is 1.62. The summed E-state index contributed by atoms with van der Waals surface area (Å²) in [7, 11) is 0. The minimum absolute atomic E-state index is 0.0292. The normalized spacial score (nSPS) is 21.9. The van der Waals surface area contributed by atoms with Crippen LogP contribution in [0.15, 0.2) is 36.4 Å². The van der Waals surface area contributed by atoms with Gasteiger partial charge >= 0.3 is 5.97 Å². The van der Waals surface area contributed by atoms with Crippen LogP contribution in [0.2, 0.25) is 0 Å². The Morgan fingerprint density at radius 3 is 2.40 bits per heavy atom. The molecule has 1 N–H and O–H groups in total. The van der Waals surface area contributed by atoms with Gasteiger partial charge in [-0.1, -0.05) is 30.3 Å². The van der Waals surface area contributed by atoms with Crippen LogP contribution in [0.1, 0.15) is 24.8 Å². The molecule has 0 bridgehead atoms. The van der Waals surface area contributed by atoms with Crippen LogP contribution < -0.4 is 0 Å². The van der Waals surface area contributed by atoms with Crippen LogP contribution in [0.5, 0.6) is 0 Å². The quantitative estimate of drug-likeness (QED) is 0.844. The van der Waals surface area contributed by atoms with Crippen molar-refractivity contribution in [1.29, 1.82) is 0 Å². The molecule has 1 unspecified atom stereocenters. The maximum Gasteiger partial charge on any atom is 0.308 e. The Bertz CT molecular complexity index is 678. The Hall–Kier alpha value is -2.63. The van der Waals surface area contributed by atoms with E-state index < -0.39 is 11.9 Å². The lowest BCUT2D eigenvalue weighted by atomic mass is 10.0. The summed E-state index contributed by atoms with van der Waals surface area (Å²) in [6.07, 6.45) is 4.87. The highest BCUT2D eigenvalue weighted by molar-refractivity contribution is 5.92. The number of hydrogen-bond acceptors (Lipinski definition) is 3. The van der Waals surface area contributed by atoms with E-state index in [0.29, 0.717) is 32.5 Å². The maximum absolute atomic E-state index is 12.3. The third-order valence-corrected chi connectivity index (χ3v) is 4.94. The lowest BCUT2D eigenvalue weighted by Crippen LogP contribution is -2.47. The molecule has 0 saturated carbocycles. The average Bonchev–Trinajstić information content (AvgIpc) is 3.03. The Morgan fingerprint density at radius 1 is 1.12 bits per heavy atom. The van der Waals surface area contributed by atoms with Gasteiger partial charge in [0.25, 0.3) is 0 Å². The minimum Gasteiger partial charge on any atom is -0.481 e. The molecule has 2 aliphatic heterocycles. The molecule has 0 aliphatic carbocycles. The van der Waals surface area contributed by atoms with Crippen LogP contribution in [0.3, 0.4) is 0 Å². The zero-order valence-electron chi connectivity index (χ0n) is 14.0. The molecule has 3 rings (SSSR count). The first-order chi connectivity index (χ1) is 12.0. The molecule has 0 aromatic heterocycles. The van der Waals surface area contributed by atoms with Crippen LogP contribution >= 0.6 is 0 Å². The third-order valence-electron chi connectivity index (χ3n) is 4.94. The summed E-state index contributed by atoms with van der Waals surface area (Å²) in [6.45, 7) is 1.47. The third kappa shape index (κ3) is 4.07. The van der Waals surface area contributed by atoms with Crippen molar-refractivity contribution < 1.29 is 19.5 Å². The SMILES string of the molecule is O=C(O)C1CC(=O)N(C2CCN(C(=O)/C=C/c3ccccc3)CC2)C1. The molecule has 1 atom stereocenters. The number of hydrogen-bond donors (Lipinski definition) is 1. The van der Waals surface area contributed by atoms with Crippen molar-refractivity contribution in [2.75, 3.05) is 19.6 Å². The van der Waals surface area contributed by atoms with E-state index in [0.717, 1.165) is 5.56 Å². The lowest BCUT2D eigenvalue weighted by Gasteiger charge is -2.36. The molecule has 0 radical (unpaired) electrons. The minimum atomic E-state index is -0.908. The van der Waals surface area contributed by atoms with E-state index >= 15 is 0 Å². The molecular formula is C19H22N2O4. The molecule has 0 spiro atoms. The fourth-order valence-electron chi connectivity index (χ4n) is 3.48. The van der Waals surface area contributed by atoms with Gasteiger partial charge in [-0.05, 0) is 24.5 Å². The van der Waals surface area contributed by atoms with Gasteiger partial charge in [-0.15, -0.1) is 0 Å². The zero-order valence-corrected chi connectivity index (χ0v) is 14.0. The summed E-state index contributed by atoms with van der Waals surface area (Å²) in [6, 6.07) is 9.69. The van der Waals surface area contributed by atoms with E-state index in [4.69, 9.17) is 5.11 Å². The Morgan fingerprint density at radius 2 is 1.80 bits per heavy atom. The number of rotatable bonds is 4. The zero-order chi connectivity index (χ0) is 17.8. The number of carboxylic acids is 1. The standard InChI is InChI=1S/C19H22N2O4/c22-17(7-6-14-4-2-1-3-5-14)20-10-8-16(9-11-20)21-13-15(19(24)25)12-18(21)23/h1-7,15-16H,8-13H2,(H,24,25)/b7-6+. The summed E-state index contributed by atoms with van der Waals surface area (Å²) in [4.78, 5) is 38.9. The van der Waals surface area contributed by atoms with Gasteiger partial charge in [0, 0.05) is 38.2 Å². The maximum atomic E-state index is 12.3. The monoisotopic (exact) mass is 342 g/mol. The van der Waals surface area contributed by atoms with E-state index in [-0.39, 0.29) is 24.3 Å². The summed E-state index contributed by atoms with van der Waals surface area (Å²) in [5, 5.41) is 9.08. The predicted molar refractivity (Wildman–Crippen MR) is 92.5 cm³/mol. The van der Waals surface area contributed by atoms with E-state index in [1.807, 2.05) is 30.3 Å². The van der Waals surface area contributed by atoms with Gasteiger partial charge < -0.3 is 14.9 Å². The molecule has 2 fully saturated rings. The van der Waals surface area contributed by atoms with Crippen molar-refractivity contribution in [3.05, 3.63) is 42.0 Å². The number of piperidine rings is 1. The lowest BCUT2D eigenvalue weighted by molar-refractivity contribution is -0.141. The van der Waals surface area contributed by atoms with Crippen molar-refractivity contribution in [2.45, 2.75) is 25.3 Å². The van der Waals surface area contributed by atoms with Crippen LogP contribution in [0.25, 0.3) is 6.08 Å². The Balaban J connectivity index is 1.52. The molecule has 2 aliphatic rings. The molecule has 2 saturated heterocycles. The summed E-state index contributed by atoms with van der Waals surface area (Å²) in [5.74, 6) is -1.62. The van der Waals surface area contributed by atoms with Crippen LogP contribution in [0.4, 0.5) is 0 Å². The highest BCUT2D eigenvalue weighted by Gasteiger charge is 2.39. The fraction of sp³-hybridized carbons (Fsp3) is 0.421. The Kier molecular flexibility index (Phi) is 5.16. The highest BCUT2D eigenvalue weighted by Crippen LogP contribution is 2.25. The number of carbonyl (C=O) groups excluding carboxylic acids is 2. The number of aliphatic carboxylic acids is 1. The van der Waals surface area contributed by atoms with Crippen molar-refractivity contribution in [1.82, 2.24) is 9.80 Å². The fourth-order valence-corrected chi connectivity index (χ4v) is 3.48. The number of carbonyl (C=O) groups is 3. The number of amides is 2. The smallest absolute Gasteiger partial charge is 0.308 e. The molecule has 132 valence electrons. The van der Waals surface area contributed by atoms with Crippen LogP contribution in [-0.2, 0) is 14.4 Å². The van der Waals surface area contributed by atoms with Gasteiger partial charge in [-0.2, -0.15) is 0 Å². The first kappa shape index (κ1) is 17.2. The number of likely N-dealkylation sites (tertiary alicyclic amines) is 2. The first-order valence-corrected chi connectivity index (χ1v) is 8.59. The topological polar surface area (TPSA) is 77.9 Å². The van der Waals surface area contributed by atoms with Crippen molar-refractivity contribution in [3.8, 4) is 0 Å². The number of carboxylic acid groups (broad SMARTS) is 1. The van der Waals surface area contributed by atoms with Gasteiger partial charge in [-0.3, -0.25) is 14.4 Å². The number of benzene rings is 1. The second-order valence-corrected chi connectivity index (χ2v) is 6.59. The highest BCUT2D eigenvalue weighted by atomic mass is 16.4. The van der Waals surface area contributed by atoms with Gasteiger partial charge in [0.2, 0.25) is 11.8 Å². The van der Waals surface area contributed by atoms with E-state index in [1.165, 1.54) is 0 Å². The van der Waals surface area contributed by atoms with Gasteiger partial charge in [0.15, 0.2) is 0 Å². The molecule has 2 heterocycles. The van der Waals surface area contributed by atoms with Crippen molar-refractivity contribution in [2.24, 2.45) is 5.92 Å². The van der Waals surface area contributed by atoms with E-state index in [1.54, 1.807) is 22.0 Å². The average molecular weight is 342 g/mol. The van der Waals surface area contributed by atoms with E-state index in [9.17, 15) is 14.4 Å². The molecule has 1 aromatic carbocycles. The molecule has 6 heteroatoms. The summed E-state index contributed by atoms with van der Waals surface area (Å²) < 4.78 is 0. The molecule has 1 aromatic rings. The van der Waals surface area contributed by atoms with Gasteiger partial charge in [-0.25, -0.2) is 0 Å². The van der Waals surface area contributed by atoms with Crippen molar-refractivity contribution >= 4 is 23.9 Å². The number of nitrogens with zero attached hydrogens (tertiary/aromatic N) is 2. The first-order valence-electron chi connectivity index (χ1n) is 8.59. The van der Waals surface area contributed by atoms with Gasteiger partial charge in [0.1, 0.15) is 0 Å². The second-order valence-electron chi connectivity index (χ2n) is 6.59. The summed E-state index contributed by atoms with van der Waals surface area (Å²) in [5.41, 5.74) is 0.980. The van der Waals surface area contributed by atoms with Crippen molar-refractivity contribution in [3.63, 3.8) is 0 Å². The largest absolute Gasteiger partial charge is 0.481 e. The van der Waals surface area contributed by atoms with Crippen LogP contribution in [-0.4, -0.2) is 58.4 Å². The summed E-state index contributed by atoms with van der Waals surface area (Å²) >= 11 is 0. The van der Waals surface area contributed by atoms with E-state index in [2.05, 4.69) is 0 Å². The Labute approximate surface area is 146 Å². The molecule has 2 amide bonds. The molecule has 6 nitrogen and oxygen atoms in total. The molecular weight excluding hydrogens is 320 g/mol. The van der Waals surface area contributed by atoms with Crippen LogP contribution in [0, 0.1) is 5.92 Å².